The standard InChI is InChI=1S/C15H18N2O2S/c1-11-8-13(10-17-9-11)15(16-2)12-4-6-14(7-5-12)20(3,18)19/h4-10,15-16H,1-3H3. The first-order valence-corrected chi connectivity index (χ1v) is 8.20. The molecule has 1 heterocycles. The van der Waals surface area contributed by atoms with Gasteiger partial charge in [-0.1, -0.05) is 18.2 Å². The van der Waals surface area contributed by atoms with Crippen LogP contribution < -0.4 is 5.32 Å². The molecule has 4 nitrogen and oxygen atoms in total. The molecule has 0 saturated carbocycles. The van der Waals surface area contributed by atoms with Gasteiger partial charge in [0, 0.05) is 18.6 Å². The molecule has 0 radical (unpaired) electrons. The zero-order chi connectivity index (χ0) is 14.8. The van der Waals surface area contributed by atoms with E-state index in [0.717, 1.165) is 16.7 Å². The highest BCUT2D eigenvalue weighted by molar-refractivity contribution is 7.90. The van der Waals surface area contributed by atoms with Crippen molar-refractivity contribution in [1.29, 1.82) is 0 Å². The van der Waals surface area contributed by atoms with E-state index in [2.05, 4.69) is 16.4 Å². The van der Waals surface area contributed by atoms with E-state index in [9.17, 15) is 8.42 Å². The minimum Gasteiger partial charge on any atom is -0.309 e. The van der Waals surface area contributed by atoms with Gasteiger partial charge in [0.2, 0.25) is 0 Å². The van der Waals surface area contributed by atoms with Crippen LogP contribution >= 0.6 is 0 Å². The molecule has 0 fully saturated rings. The van der Waals surface area contributed by atoms with Crippen LogP contribution in [0.1, 0.15) is 22.7 Å². The molecule has 0 spiro atoms. The average molecular weight is 290 g/mol. The van der Waals surface area contributed by atoms with Crippen LogP contribution in [0.4, 0.5) is 0 Å². The molecule has 2 aromatic rings. The summed E-state index contributed by atoms with van der Waals surface area (Å²) in [5.74, 6) is 0. The predicted octanol–water partition coefficient (Wildman–Crippen LogP) is 2.10. The lowest BCUT2D eigenvalue weighted by molar-refractivity contribution is 0.601. The summed E-state index contributed by atoms with van der Waals surface area (Å²) in [5.41, 5.74) is 3.16. The first-order valence-electron chi connectivity index (χ1n) is 6.30. The summed E-state index contributed by atoms with van der Waals surface area (Å²) in [5, 5.41) is 3.23. The highest BCUT2D eigenvalue weighted by atomic mass is 32.2. The Balaban J connectivity index is 2.38. The highest BCUT2D eigenvalue weighted by Gasteiger charge is 2.14. The van der Waals surface area contributed by atoms with Crippen molar-refractivity contribution >= 4 is 9.84 Å². The quantitative estimate of drug-likeness (QED) is 0.937. The average Bonchev–Trinajstić information content (AvgIpc) is 2.39. The smallest absolute Gasteiger partial charge is 0.175 e. The van der Waals surface area contributed by atoms with Crippen molar-refractivity contribution in [2.24, 2.45) is 0 Å². The van der Waals surface area contributed by atoms with E-state index in [4.69, 9.17) is 0 Å². The summed E-state index contributed by atoms with van der Waals surface area (Å²) in [6.07, 6.45) is 4.84. The van der Waals surface area contributed by atoms with Crippen LogP contribution in [0.2, 0.25) is 0 Å². The molecule has 1 aromatic carbocycles. The minimum absolute atomic E-state index is 0.00369. The fourth-order valence-corrected chi connectivity index (χ4v) is 2.80. The van der Waals surface area contributed by atoms with Gasteiger partial charge in [0.05, 0.1) is 10.9 Å². The lowest BCUT2D eigenvalue weighted by Gasteiger charge is -2.17. The van der Waals surface area contributed by atoms with E-state index in [1.54, 1.807) is 12.1 Å². The fraction of sp³-hybridized carbons (Fsp3) is 0.267. The van der Waals surface area contributed by atoms with Crippen molar-refractivity contribution in [3.8, 4) is 0 Å². The summed E-state index contributed by atoms with van der Waals surface area (Å²) >= 11 is 0. The maximum absolute atomic E-state index is 11.5. The largest absolute Gasteiger partial charge is 0.309 e. The van der Waals surface area contributed by atoms with Crippen LogP contribution in [-0.2, 0) is 9.84 Å². The Bertz CT molecular complexity index is 694. The van der Waals surface area contributed by atoms with Gasteiger partial charge in [0.15, 0.2) is 9.84 Å². The Morgan fingerprint density at radius 2 is 1.75 bits per heavy atom. The number of pyridine rings is 1. The van der Waals surface area contributed by atoms with Gasteiger partial charge in [-0.25, -0.2) is 8.42 Å². The number of aromatic nitrogens is 1. The van der Waals surface area contributed by atoms with Crippen molar-refractivity contribution in [3.63, 3.8) is 0 Å². The number of rotatable bonds is 4. The number of hydrogen-bond acceptors (Lipinski definition) is 4. The van der Waals surface area contributed by atoms with Crippen molar-refractivity contribution in [3.05, 3.63) is 59.4 Å². The molecule has 2 rings (SSSR count). The number of aryl methyl sites for hydroxylation is 1. The fourth-order valence-electron chi connectivity index (χ4n) is 2.17. The van der Waals surface area contributed by atoms with Crippen LogP contribution in [0, 0.1) is 6.92 Å². The second-order valence-corrected chi connectivity index (χ2v) is 6.87. The molecular weight excluding hydrogens is 272 g/mol. The van der Waals surface area contributed by atoms with E-state index in [0.29, 0.717) is 4.90 Å². The van der Waals surface area contributed by atoms with Crippen molar-refractivity contribution in [2.75, 3.05) is 13.3 Å². The SMILES string of the molecule is CNC(c1ccc(S(C)(=O)=O)cc1)c1cncc(C)c1. The summed E-state index contributed by atoms with van der Waals surface area (Å²) in [4.78, 5) is 4.53. The third-order valence-electron chi connectivity index (χ3n) is 3.16. The predicted molar refractivity (Wildman–Crippen MR) is 79.4 cm³/mol. The van der Waals surface area contributed by atoms with Gasteiger partial charge in [-0.2, -0.15) is 0 Å². The number of hydrogen-bond donors (Lipinski definition) is 1. The van der Waals surface area contributed by atoms with Gasteiger partial charge in [0.25, 0.3) is 0 Å². The van der Waals surface area contributed by atoms with Gasteiger partial charge in [-0.05, 0) is 42.8 Å². The number of sulfone groups is 1. The summed E-state index contributed by atoms with van der Waals surface area (Å²) < 4.78 is 22.9. The molecule has 1 aromatic heterocycles. The molecule has 0 amide bonds. The third kappa shape index (κ3) is 3.23. The van der Waals surface area contributed by atoms with Gasteiger partial charge in [-0.15, -0.1) is 0 Å². The van der Waals surface area contributed by atoms with Crippen LogP contribution in [0.15, 0.2) is 47.6 Å². The molecule has 0 saturated heterocycles. The van der Waals surface area contributed by atoms with Gasteiger partial charge >= 0.3 is 0 Å². The van der Waals surface area contributed by atoms with Crippen LogP contribution in [0.3, 0.4) is 0 Å². The summed E-state index contributed by atoms with van der Waals surface area (Å²) in [6.45, 7) is 2.00. The maximum Gasteiger partial charge on any atom is 0.175 e. The Hall–Kier alpha value is -1.72. The number of benzene rings is 1. The summed E-state index contributed by atoms with van der Waals surface area (Å²) in [7, 11) is -1.28. The lowest BCUT2D eigenvalue weighted by Crippen LogP contribution is -2.18. The van der Waals surface area contributed by atoms with Gasteiger partial charge in [-0.3, -0.25) is 4.98 Å². The molecule has 0 aliphatic heterocycles. The van der Waals surface area contributed by atoms with Crippen molar-refractivity contribution < 1.29 is 8.42 Å². The topological polar surface area (TPSA) is 59.1 Å². The molecule has 0 aliphatic rings. The summed E-state index contributed by atoms with van der Waals surface area (Å²) in [6, 6.07) is 9.01. The second-order valence-electron chi connectivity index (χ2n) is 4.86. The molecular formula is C15H18N2O2S. The van der Waals surface area contributed by atoms with E-state index in [-0.39, 0.29) is 6.04 Å². The zero-order valence-electron chi connectivity index (χ0n) is 11.8. The Labute approximate surface area is 119 Å². The first-order chi connectivity index (χ1) is 9.41. The second kappa shape index (κ2) is 5.73. The lowest BCUT2D eigenvalue weighted by atomic mass is 9.99. The van der Waals surface area contributed by atoms with Gasteiger partial charge < -0.3 is 5.32 Å². The number of nitrogens with zero attached hydrogens (tertiary/aromatic N) is 1. The highest BCUT2D eigenvalue weighted by Crippen LogP contribution is 2.23. The minimum atomic E-state index is -3.16. The molecule has 20 heavy (non-hydrogen) atoms. The first kappa shape index (κ1) is 14.7. The Morgan fingerprint density at radius 1 is 1.10 bits per heavy atom. The van der Waals surface area contributed by atoms with Crippen molar-refractivity contribution in [1.82, 2.24) is 10.3 Å². The number of nitrogens with one attached hydrogen (secondary N) is 1. The molecule has 5 heteroatoms. The van der Waals surface area contributed by atoms with Crippen LogP contribution in [0.5, 0.6) is 0 Å². The monoisotopic (exact) mass is 290 g/mol. The van der Waals surface area contributed by atoms with E-state index >= 15 is 0 Å². The van der Waals surface area contributed by atoms with E-state index in [1.807, 2.05) is 38.5 Å². The van der Waals surface area contributed by atoms with Gasteiger partial charge in [0.1, 0.15) is 0 Å². The van der Waals surface area contributed by atoms with Crippen LogP contribution in [-0.4, -0.2) is 26.7 Å². The van der Waals surface area contributed by atoms with E-state index in [1.165, 1.54) is 6.26 Å². The molecule has 106 valence electrons. The normalized spacial score (nSPS) is 13.2. The third-order valence-corrected chi connectivity index (χ3v) is 4.29. The van der Waals surface area contributed by atoms with Crippen molar-refractivity contribution in [2.45, 2.75) is 17.9 Å². The molecule has 1 N–H and O–H groups in total. The van der Waals surface area contributed by atoms with E-state index < -0.39 is 9.84 Å². The maximum atomic E-state index is 11.5. The molecule has 0 bridgehead atoms. The Morgan fingerprint density at radius 3 is 2.25 bits per heavy atom. The Kier molecular flexibility index (Phi) is 4.20. The van der Waals surface area contributed by atoms with Crippen LogP contribution in [0.25, 0.3) is 0 Å². The zero-order valence-corrected chi connectivity index (χ0v) is 12.6. The molecule has 1 unspecified atom stereocenters. The molecule has 0 aliphatic carbocycles. The molecule has 1 atom stereocenters.